The van der Waals surface area contributed by atoms with E-state index in [9.17, 15) is 4.79 Å². The second-order valence-corrected chi connectivity index (χ2v) is 4.76. The summed E-state index contributed by atoms with van der Waals surface area (Å²) in [6, 6.07) is 9.44. The number of aromatic nitrogens is 1. The summed E-state index contributed by atoms with van der Waals surface area (Å²) in [5.41, 5.74) is 2.50. The van der Waals surface area contributed by atoms with Gasteiger partial charge in [-0.3, -0.25) is 9.78 Å². The van der Waals surface area contributed by atoms with Crippen molar-refractivity contribution in [3.8, 4) is 16.9 Å². The molecule has 0 atom stereocenters. The van der Waals surface area contributed by atoms with Crippen LogP contribution in [-0.2, 0) is 0 Å². The molecule has 0 radical (unpaired) electrons. The largest absolute Gasteiger partial charge is 0.492 e. The third-order valence-corrected chi connectivity index (χ3v) is 2.93. The SMILES string of the molecule is CN(C)CCOc1ccc(-c2cccnc2)cc1C=O. The molecule has 0 saturated heterocycles. The van der Waals surface area contributed by atoms with E-state index < -0.39 is 0 Å². The molecule has 2 rings (SSSR count). The van der Waals surface area contributed by atoms with Crippen LogP contribution < -0.4 is 4.74 Å². The number of hydrogen-bond donors (Lipinski definition) is 0. The lowest BCUT2D eigenvalue weighted by Crippen LogP contribution is -2.19. The molecule has 1 aromatic carbocycles. The zero-order valence-corrected chi connectivity index (χ0v) is 11.7. The van der Waals surface area contributed by atoms with Crippen LogP contribution in [0, 0.1) is 0 Å². The molecule has 4 heteroatoms. The highest BCUT2D eigenvalue weighted by molar-refractivity contribution is 5.82. The van der Waals surface area contributed by atoms with E-state index in [-0.39, 0.29) is 0 Å². The maximum atomic E-state index is 11.2. The van der Waals surface area contributed by atoms with Gasteiger partial charge in [-0.25, -0.2) is 0 Å². The lowest BCUT2D eigenvalue weighted by atomic mass is 10.0. The first-order chi connectivity index (χ1) is 9.70. The normalized spacial score (nSPS) is 10.6. The Morgan fingerprint density at radius 2 is 2.10 bits per heavy atom. The van der Waals surface area contributed by atoms with Crippen LogP contribution in [0.25, 0.3) is 11.1 Å². The monoisotopic (exact) mass is 270 g/mol. The van der Waals surface area contributed by atoms with E-state index in [4.69, 9.17) is 4.74 Å². The van der Waals surface area contributed by atoms with Gasteiger partial charge in [-0.1, -0.05) is 12.1 Å². The van der Waals surface area contributed by atoms with Crippen LogP contribution in [-0.4, -0.2) is 43.4 Å². The predicted molar refractivity (Wildman–Crippen MR) is 79.1 cm³/mol. The lowest BCUT2D eigenvalue weighted by Gasteiger charge is -2.13. The van der Waals surface area contributed by atoms with E-state index in [0.717, 1.165) is 24.0 Å². The molecule has 0 N–H and O–H groups in total. The molecular formula is C16H18N2O2. The number of likely N-dealkylation sites (N-methyl/N-ethyl adjacent to an activating group) is 1. The minimum atomic E-state index is 0.556. The standard InChI is InChI=1S/C16H18N2O2/c1-18(2)8-9-20-16-6-5-13(10-15(16)12-19)14-4-3-7-17-11-14/h3-7,10-12H,8-9H2,1-2H3. The van der Waals surface area contributed by atoms with Crippen LogP contribution in [0.5, 0.6) is 5.75 Å². The number of nitrogens with zero attached hydrogens (tertiary/aromatic N) is 2. The summed E-state index contributed by atoms with van der Waals surface area (Å²) in [5.74, 6) is 0.620. The molecule has 0 unspecified atom stereocenters. The molecule has 0 aliphatic rings. The van der Waals surface area contributed by atoms with Gasteiger partial charge in [-0.2, -0.15) is 0 Å². The van der Waals surface area contributed by atoms with Gasteiger partial charge in [0.2, 0.25) is 0 Å². The number of benzene rings is 1. The van der Waals surface area contributed by atoms with Gasteiger partial charge in [0.15, 0.2) is 6.29 Å². The van der Waals surface area contributed by atoms with Crippen LogP contribution >= 0.6 is 0 Å². The van der Waals surface area contributed by atoms with E-state index in [1.165, 1.54) is 0 Å². The van der Waals surface area contributed by atoms with E-state index in [2.05, 4.69) is 4.98 Å². The van der Waals surface area contributed by atoms with Crippen molar-refractivity contribution in [1.82, 2.24) is 9.88 Å². The van der Waals surface area contributed by atoms with Gasteiger partial charge in [0.05, 0.1) is 5.56 Å². The predicted octanol–water partition coefficient (Wildman–Crippen LogP) is 2.50. The number of aldehydes is 1. The molecule has 1 heterocycles. The Bertz CT molecular complexity index is 568. The van der Waals surface area contributed by atoms with Gasteiger partial charge in [0.1, 0.15) is 12.4 Å². The molecule has 0 amide bonds. The van der Waals surface area contributed by atoms with Crippen molar-refractivity contribution in [1.29, 1.82) is 0 Å². The highest BCUT2D eigenvalue weighted by atomic mass is 16.5. The first kappa shape index (κ1) is 14.2. The average Bonchev–Trinajstić information content (AvgIpc) is 2.48. The number of carbonyl (C=O) groups is 1. The van der Waals surface area contributed by atoms with Crippen molar-refractivity contribution in [2.24, 2.45) is 0 Å². The van der Waals surface area contributed by atoms with Gasteiger partial charge in [0.25, 0.3) is 0 Å². The first-order valence-electron chi connectivity index (χ1n) is 6.48. The molecule has 104 valence electrons. The second-order valence-electron chi connectivity index (χ2n) is 4.76. The average molecular weight is 270 g/mol. The van der Waals surface area contributed by atoms with E-state index in [1.54, 1.807) is 12.4 Å². The Labute approximate surface area is 119 Å². The lowest BCUT2D eigenvalue weighted by molar-refractivity contribution is 0.111. The fraction of sp³-hybridized carbons (Fsp3) is 0.250. The Morgan fingerprint density at radius 1 is 1.25 bits per heavy atom. The minimum Gasteiger partial charge on any atom is -0.492 e. The number of hydrogen-bond acceptors (Lipinski definition) is 4. The quantitative estimate of drug-likeness (QED) is 0.756. The molecule has 0 saturated carbocycles. The Morgan fingerprint density at radius 3 is 2.75 bits per heavy atom. The molecule has 20 heavy (non-hydrogen) atoms. The summed E-state index contributed by atoms with van der Waals surface area (Å²) in [6.45, 7) is 1.36. The van der Waals surface area contributed by atoms with Gasteiger partial charge >= 0.3 is 0 Å². The molecule has 0 bridgehead atoms. The van der Waals surface area contributed by atoms with Crippen LogP contribution in [0.4, 0.5) is 0 Å². The van der Waals surface area contributed by atoms with Crippen LogP contribution in [0.1, 0.15) is 10.4 Å². The molecule has 0 aliphatic carbocycles. The topological polar surface area (TPSA) is 42.4 Å². The van der Waals surface area contributed by atoms with Gasteiger partial charge < -0.3 is 9.64 Å². The second kappa shape index (κ2) is 6.82. The maximum Gasteiger partial charge on any atom is 0.153 e. The molecular weight excluding hydrogens is 252 g/mol. The first-order valence-corrected chi connectivity index (χ1v) is 6.48. The van der Waals surface area contributed by atoms with Crippen LogP contribution in [0.2, 0.25) is 0 Å². The molecule has 0 aliphatic heterocycles. The van der Waals surface area contributed by atoms with Crippen molar-refractivity contribution >= 4 is 6.29 Å². The van der Waals surface area contributed by atoms with Crippen LogP contribution in [0.3, 0.4) is 0 Å². The Balaban J connectivity index is 2.18. The number of rotatable bonds is 6. The summed E-state index contributed by atoms with van der Waals surface area (Å²) < 4.78 is 5.64. The smallest absolute Gasteiger partial charge is 0.153 e. The summed E-state index contributed by atoms with van der Waals surface area (Å²) in [6.07, 6.45) is 4.32. The van der Waals surface area contributed by atoms with Crippen molar-refractivity contribution in [2.45, 2.75) is 0 Å². The van der Waals surface area contributed by atoms with Crippen molar-refractivity contribution in [3.05, 3.63) is 48.3 Å². The molecule has 0 fully saturated rings. The Hall–Kier alpha value is -2.20. The maximum absolute atomic E-state index is 11.2. The molecule has 1 aromatic heterocycles. The third-order valence-electron chi connectivity index (χ3n) is 2.93. The third kappa shape index (κ3) is 3.65. The minimum absolute atomic E-state index is 0.556. The van der Waals surface area contributed by atoms with Gasteiger partial charge in [-0.05, 0) is 37.9 Å². The van der Waals surface area contributed by atoms with Crippen molar-refractivity contribution in [3.63, 3.8) is 0 Å². The van der Waals surface area contributed by atoms with Crippen molar-refractivity contribution < 1.29 is 9.53 Å². The van der Waals surface area contributed by atoms with E-state index in [1.807, 2.05) is 49.3 Å². The van der Waals surface area contributed by atoms with Gasteiger partial charge in [-0.15, -0.1) is 0 Å². The summed E-state index contributed by atoms with van der Waals surface area (Å²) >= 11 is 0. The molecule has 0 spiro atoms. The highest BCUT2D eigenvalue weighted by Gasteiger charge is 2.06. The number of carbonyl (C=O) groups excluding carboxylic acids is 1. The van der Waals surface area contributed by atoms with Gasteiger partial charge in [0, 0.05) is 24.5 Å². The zero-order valence-electron chi connectivity index (χ0n) is 11.7. The number of ether oxygens (including phenoxy) is 1. The van der Waals surface area contributed by atoms with E-state index in [0.29, 0.717) is 17.9 Å². The molecule has 4 nitrogen and oxygen atoms in total. The highest BCUT2D eigenvalue weighted by Crippen LogP contribution is 2.25. The summed E-state index contributed by atoms with van der Waals surface area (Å²) in [7, 11) is 3.96. The van der Waals surface area contributed by atoms with Crippen molar-refractivity contribution in [2.75, 3.05) is 27.2 Å². The Kier molecular flexibility index (Phi) is 4.85. The summed E-state index contributed by atoms with van der Waals surface area (Å²) in [4.78, 5) is 17.3. The molecule has 2 aromatic rings. The number of pyridine rings is 1. The zero-order chi connectivity index (χ0) is 14.4. The fourth-order valence-electron chi connectivity index (χ4n) is 1.82. The van der Waals surface area contributed by atoms with Crippen LogP contribution in [0.15, 0.2) is 42.7 Å². The summed E-state index contributed by atoms with van der Waals surface area (Å²) in [5, 5.41) is 0. The fourth-order valence-corrected chi connectivity index (χ4v) is 1.82. The van der Waals surface area contributed by atoms with E-state index >= 15 is 0 Å².